The normalized spacial score (nSPS) is 13.3. The van der Waals surface area contributed by atoms with E-state index in [1.54, 1.807) is 7.05 Å². The summed E-state index contributed by atoms with van der Waals surface area (Å²) in [5.41, 5.74) is 1.73. The minimum Gasteiger partial charge on any atom is -0.354 e. The molecule has 0 spiro atoms. The summed E-state index contributed by atoms with van der Waals surface area (Å²) < 4.78 is 27.0. The summed E-state index contributed by atoms with van der Waals surface area (Å²) >= 11 is 0. The number of hydrogen-bond acceptors (Lipinski definition) is 3. The quantitative estimate of drug-likeness (QED) is 0.302. The molecule has 1 unspecified atom stereocenters. The number of halogens is 1. The van der Waals surface area contributed by atoms with Crippen LogP contribution in [0.4, 0.5) is 0 Å². The zero-order valence-electron chi connectivity index (χ0n) is 15.7. The van der Waals surface area contributed by atoms with Crippen molar-refractivity contribution >= 4 is 40.0 Å². The molecule has 0 saturated carbocycles. The van der Waals surface area contributed by atoms with Gasteiger partial charge in [-0.05, 0) is 38.3 Å². The number of rotatable bonds is 8. The molecule has 1 aromatic carbocycles. The highest BCUT2D eigenvalue weighted by atomic mass is 127. The molecule has 0 aliphatic heterocycles. The smallest absolute Gasteiger partial charge is 0.216 e. The summed E-state index contributed by atoms with van der Waals surface area (Å²) in [6, 6.07) is 7.76. The first-order chi connectivity index (χ1) is 11.3. The Labute approximate surface area is 169 Å². The fourth-order valence-electron chi connectivity index (χ4n) is 2.19. The van der Waals surface area contributed by atoms with Crippen molar-refractivity contribution in [1.82, 2.24) is 15.4 Å². The highest BCUT2D eigenvalue weighted by Crippen LogP contribution is 2.12. The first-order valence-corrected chi connectivity index (χ1v) is 9.96. The van der Waals surface area contributed by atoms with E-state index >= 15 is 0 Å². The largest absolute Gasteiger partial charge is 0.354 e. The summed E-state index contributed by atoms with van der Waals surface area (Å²) in [6.45, 7) is 8.34. The van der Waals surface area contributed by atoms with Crippen LogP contribution in [-0.2, 0) is 22.3 Å². The van der Waals surface area contributed by atoms with E-state index in [1.807, 2.05) is 38.1 Å². The monoisotopic (exact) mass is 482 g/mol. The molecule has 0 heterocycles. The third-order valence-electron chi connectivity index (χ3n) is 3.54. The van der Waals surface area contributed by atoms with Crippen LogP contribution in [0.25, 0.3) is 0 Å². The van der Waals surface area contributed by atoms with E-state index in [1.165, 1.54) is 0 Å². The molecule has 1 rings (SSSR count). The lowest BCUT2D eigenvalue weighted by Gasteiger charge is -2.18. The maximum absolute atomic E-state index is 12.2. The number of sulfonamides is 1. The predicted molar refractivity (Wildman–Crippen MR) is 116 cm³/mol. The first-order valence-electron chi connectivity index (χ1n) is 8.31. The molecule has 0 fully saturated rings. The third kappa shape index (κ3) is 9.41. The van der Waals surface area contributed by atoms with E-state index < -0.39 is 10.0 Å². The number of hydrogen-bond donors (Lipinski definition) is 3. The summed E-state index contributed by atoms with van der Waals surface area (Å²) in [6.07, 6.45) is 0.996. The number of nitrogens with zero attached hydrogens (tertiary/aromatic N) is 1. The fourth-order valence-corrected chi connectivity index (χ4v) is 3.68. The number of aliphatic imine (C=N–C) groups is 1. The Morgan fingerprint density at radius 2 is 1.76 bits per heavy atom. The fraction of sp³-hybridized carbons (Fsp3) is 0.588. The zero-order chi connectivity index (χ0) is 18.2. The highest BCUT2D eigenvalue weighted by Gasteiger charge is 2.15. The minimum atomic E-state index is -3.35. The Morgan fingerprint density at radius 1 is 1.16 bits per heavy atom. The van der Waals surface area contributed by atoms with Crippen molar-refractivity contribution in [2.24, 2.45) is 4.99 Å². The van der Waals surface area contributed by atoms with Gasteiger partial charge in [0.15, 0.2) is 5.96 Å². The van der Waals surface area contributed by atoms with E-state index in [4.69, 9.17) is 0 Å². The topological polar surface area (TPSA) is 82.6 Å². The van der Waals surface area contributed by atoms with Crippen LogP contribution in [0.3, 0.4) is 0 Å². The lowest BCUT2D eigenvalue weighted by Crippen LogP contribution is -2.41. The van der Waals surface area contributed by atoms with E-state index in [0.717, 1.165) is 17.5 Å². The highest BCUT2D eigenvalue weighted by molar-refractivity contribution is 14.0. The minimum absolute atomic E-state index is 0. The molecular formula is C17H31IN4O2S. The van der Waals surface area contributed by atoms with Gasteiger partial charge in [0.2, 0.25) is 10.0 Å². The van der Waals surface area contributed by atoms with Crippen molar-refractivity contribution in [2.75, 3.05) is 7.05 Å². The van der Waals surface area contributed by atoms with Gasteiger partial charge in [0.05, 0.1) is 5.75 Å². The van der Waals surface area contributed by atoms with Gasteiger partial charge >= 0.3 is 0 Å². The van der Waals surface area contributed by atoms with Gasteiger partial charge < -0.3 is 10.6 Å². The van der Waals surface area contributed by atoms with Gasteiger partial charge in [0.1, 0.15) is 0 Å². The summed E-state index contributed by atoms with van der Waals surface area (Å²) in [5, 5.41) is 6.53. The maximum atomic E-state index is 12.2. The van der Waals surface area contributed by atoms with Crippen molar-refractivity contribution in [1.29, 1.82) is 0 Å². The summed E-state index contributed by atoms with van der Waals surface area (Å²) in [5.74, 6) is 0.683. The summed E-state index contributed by atoms with van der Waals surface area (Å²) in [4.78, 5) is 4.20. The van der Waals surface area contributed by atoms with Gasteiger partial charge in [0.25, 0.3) is 0 Å². The molecule has 0 aliphatic carbocycles. The van der Waals surface area contributed by atoms with E-state index in [0.29, 0.717) is 18.5 Å². The Kier molecular flexibility index (Phi) is 11.3. The molecule has 25 heavy (non-hydrogen) atoms. The van der Waals surface area contributed by atoms with Crippen LogP contribution in [0.2, 0.25) is 0 Å². The molecular weight excluding hydrogens is 451 g/mol. The zero-order valence-corrected chi connectivity index (χ0v) is 18.8. The molecule has 6 nitrogen and oxygen atoms in total. The van der Waals surface area contributed by atoms with Crippen LogP contribution >= 0.6 is 24.0 Å². The molecule has 0 amide bonds. The van der Waals surface area contributed by atoms with E-state index in [-0.39, 0.29) is 35.8 Å². The van der Waals surface area contributed by atoms with Crippen molar-refractivity contribution in [3.05, 3.63) is 35.4 Å². The van der Waals surface area contributed by atoms with Crippen LogP contribution < -0.4 is 15.4 Å². The Balaban J connectivity index is 0.00000576. The number of benzene rings is 1. The lowest BCUT2D eigenvalue weighted by molar-refractivity contribution is 0.568. The van der Waals surface area contributed by atoms with Crippen LogP contribution in [-0.4, -0.2) is 33.5 Å². The van der Waals surface area contributed by atoms with Crippen LogP contribution in [0.1, 0.15) is 45.2 Å². The molecule has 8 heteroatoms. The molecule has 144 valence electrons. The molecule has 0 radical (unpaired) electrons. The number of nitrogens with one attached hydrogen (secondary N) is 3. The van der Waals surface area contributed by atoms with E-state index in [9.17, 15) is 8.42 Å². The third-order valence-corrected chi connectivity index (χ3v) is 5.07. The van der Waals surface area contributed by atoms with Gasteiger partial charge in [-0.25, -0.2) is 13.1 Å². The van der Waals surface area contributed by atoms with Crippen LogP contribution in [0, 0.1) is 0 Å². The van der Waals surface area contributed by atoms with Gasteiger partial charge in [-0.3, -0.25) is 4.99 Å². The Bertz CT molecular complexity index is 648. The molecule has 1 aromatic rings. The molecule has 0 aliphatic rings. The molecule has 0 bridgehead atoms. The van der Waals surface area contributed by atoms with Gasteiger partial charge in [-0.1, -0.05) is 31.2 Å². The van der Waals surface area contributed by atoms with Crippen molar-refractivity contribution in [3.63, 3.8) is 0 Å². The van der Waals surface area contributed by atoms with Crippen LogP contribution in [0.15, 0.2) is 29.3 Å². The molecule has 0 saturated heterocycles. The molecule has 3 N–H and O–H groups in total. The average molecular weight is 482 g/mol. The maximum Gasteiger partial charge on any atom is 0.216 e. The Hall–Kier alpha value is -0.870. The van der Waals surface area contributed by atoms with Crippen molar-refractivity contribution in [3.8, 4) is 0 Å². The Morgan fingerprint density at radius 3 is 2.28 bits per heavy atom. The average Bonchev–Trinajstić information content (AvgIpc) is 2.50. The van der Waals surface area contributed by atoms with E-state index in [2.05, 4.69) is 34.2 Å². The van der Waals surface area contributed by atoms with Gasteiger partial charge in [-0.15, -0.1) is 24.0 Å². The van der Waals surface area contributed by atoms with Crippen LogP contribution in [0.5, 0.6) is 0 Å². The van der Waals surface area contributed by atoms with Gasteiger partial charge in [0, 0.05) is 25.7 Å². The first kappa shape index (κ1) is 24.1. The van der Waals surface area contributed by atoms with Gasteiger partial charge in [-0.2, -0.15) is 0 Å². The lowest BCUT2D eigenvalue weighted by atomic mass is 10.1. The SMILES string of the molecule is CCC(C)NC(=NC)NCc1ccccc1CS(=O)(=O)NC(C)C.I. The second-order valence-corrected chi connectivity index (χ2v) is 7.93. The second-order valence-electron chi connectivity index (χ2n) is 6.18. The number of guanidine groups is 1. The van der Waals surface area contributed by atoms with Crippen molar-refractivity contribution in [2.45, 2.75) is 58.5 Å². The second kappa shape index (κ2) is 11.7. The standard InChI is InChI=1S/C17H30N4O2S.HI/c1-6-14(4)20-17(18-5)19-11-15-9-7-8-10-16(15)12-24(22,23)21-13(2)3;/h7-10,13-14,21H,6,11-12H2,1-5H3,(H2,18,19,20);1H. The van der Waals surface area contributed by atoms with Crippen molar-refractivity contribution < 1.29 is 8.42 Å². The molecule has 1 atom stereocenters. The molecule has 0 aromatic heterocycles. The predicted octanol–water partition coefficient (Wildman–Crippen LogP) is 2.60. The summed E-state index contributed by atoms with van der Waals surface area (Å²) in [7, 11) is -1.62.